The van der Waals surface area contributed by atoms with Crippen LogP contribution >= 0.6 is 35.0 Å². The summed E-state index contributed by atoms with van der Waals surface area (Å²) in [6.45, 7) is 0.561. The van der Waals surface area contributed by atoms with Crippen molar-refractivity contribution < 1.29 is 9.21 Å². The minimum atomic E-state index is -0.198. The van der Waals surface area contributed by atoms with E-state index in [-0.39, 0.29) is 5.91 Å². The van der Waals surface area contributed by atoms with Gasteiger partial charge in [-0.2, -0.15) is 11.8 Å². The number of hydrogen-bond donors (Lipinski definition) is 1. The smallest absolute Gasteiger partial charge is 0.287 e. The van der Waals surface area contributed by atoms with Crippen LogP contribution in [0.3, 0.4) is 0 Å². The van der Waals surface area contributed by atoms with Crippen molar-refractivity contribution in [1.82, 2.24) is 5.32 Å². The standard InChI is InChI=1S/C18H15Cl2NO2S/c19-14-6-5-13(15(20)10-14)11-24-8-7-21-18(22)17-9-12-3-1-2-4-16(12)23-17/h1-6,9-10H,7-8,11H2,(H,21,22). The van der Waals surface area contributed by atoms with E-state index in [1.165, 1.54) is 0 Å². The van der Waals surface area contributed by atoms with Crippen molar-refractivity contribution in [3.8, 4) is 0 Å². The number of hydrogen-bond acceptors (Lipinski definition) is 3. The first-order valence-electron chi connectivity index (χ1n) is 7.42. The first kappa shape index (κ1) is 17.2. The molecule has 0 spiro atoms. The summed E-state index contributed by atoms with van der Waals surface area (Å²) in [7, 11) is 0. The highest BCUT2D eigenvalue weighted by molar-refractivity contribution is 7.98. The first-order valence-corrected chi connectivity index (χ1v) is 9.33. The molecule has 3 aromatic rings. The summed E-state index contributed by atoms with van der Waals surface area (Å²) in [4.78, 5) is 12.1. The van der Waals surface area contributed by atoms with Gasteiger partial charge in [0.05, 0.1) is 0 Å². The molecule has 1 aromatic heterocycles. The Kier molecular flexibility index (Phi) is 5.72. The molecule has 0 unspecified atom stereocenters. The Hall–Kier alpha value is -1.62. The summed E-state index contributed by atoms with van der Waals surface area (Å²) in [5.74, 6) is 1.69. The second kappa shape index (κ2) is 7.97. The van der Waals surface area contributed by atoms with Crippen LogP contribution in [0.1, 0.15) is 16.1 Å². The molecule has 6 heteroatoms. The molecule has 1 amide bonds. The highest BCUT2D eigenvalue weighted by Gasteiger charge is 2.11. The molecule has 24 heavy (non-hydrogen) atoms. The molecule has 124 valence electrons. The molecule has 0 saturated carbocycles. The van der Waals surface area contributed by atoms with Crippen LogP contribution in [0.25, 0.3) is 11.0 Å². The molecule has 0 atom stereocenters. The van der Waals surface area contributed by atoms with E-state index in [4.69, 9.17) is 27.6 Å². The molecule has 0 aliphatic carbocycles. The zero-order chi connectivity index (χ0) is 16.9. The van der Waals surface area contributed by atoms with E-state index in [1.54, 1.807) is 23.9 Å². The quantitative estimate of drug-likeness (QED) is 0.582. The van der Waals surface area contributed by atoms with E-state index < -0.39 is 0 Å². The lowest BCUT2D eigenvalue weighted by Gasteiger charge is -2.05. The third-order valence-corrected chi connectivity index (χ3v) is 5.05. The molecular formula is C18H15Cl2NO2S. The molecule has 0 saturated heterocycles. The maximum Gasteiger partial charge on any atom is 0.287 e. The minimum absolute atomic E-state index is 0.198. The second-order valence-corrected chi connectivity index (χ2v) is 7.14. The van der Waals surface area contributed by atoms with Crippen LogP contribution in [0.2, 0.25) is 10.0 Å². The Balaban J connectivity index is 1.45. The van der Waals surface area contributed by atoms with Gasteiger partial charge < -0.3 is 9.73 Å². The molecule has 1 N–H and O–H groups in total. The number of furan rings is 1. The van der Waals surface area contributed by atoms with Crippen molar-refractivity contribution in [2.45, 2.75) is 5.75 Å². The molecule has 0 bridgehead atoms. The lowest BCUT2D eigenvalue weighted by Crippen LogP contribution is -2.25. The van der Waals surface area contributed by atoms with Crippen LogP contribution in [0.4, 0.5) is 0 Å². The van der Waals surface area contributed by atoms with E-state index >= 15 is 0 Å². The van der Waals surface area contributed by atoms with Gasteiger partial charge in [-0.05, 0) is 29.8 Å². The molecule has 0 aliphatic rings. The van der Waals surface area contributed by atoms with E-state index in [0.717, 1.165) is 28.0 Å². The van der Waals surface area contributed by atoms with Gasteiger partial charge in [-0.3, -0.25) is 4.79 Å². The van der Waals surface area contributed by atoms with Crippen LogP contribution in [0.5, 0.6) is 0 Å². The molecule has 3 rings (SSSR count). The zero-order valence-electron chi connectivity index (χ0n) is 12.7. The largest absolute Gasteiger partial charge is 0.451 e. The van der Waals surface area contributed by atoms with Gasteiger partial charge in [0.2, 0.25) is 0 Å². The topological polar surface area (TPSA) is 42.2 Å². The summed E-state index contributed by atoms with van der Waals surface area (Å²) in [5.41, 5.74) is 1.75. The molecule has 0 aliphatic heterocycles. The van der Waals surface area contributed by atoms with Crippen LogP contribution in [0.15, 0.2) is 52.9 Å². The molecule has 0 radical (unpaired) electrons. The Morgan fingerprint density at radius 2 is 1.96 bits per heavy atom. The lowest BCUT2D eigenvalue weighted by molar-refractivity contribution is 0.0930. The van der Waals surface area contributed by atoms with Crippen LogP contribution in [0, 0.1) is 0 Å². The Morgan fingerprint density at radius 3 is 2.75 bits per heavy atom. The van der Waals surface area contributed by atoms with Gasteiger partial charge >= 0.3 is 0 Å². The van der Waals surface area contributed by atoms with Crippen molar-refractivity contribution in [2.24, 2.45) is 0 Å². The predicted molar refractivity (Wildman–Crippen MR) is 101 cm³/mol. The summed E-state index contributed by atoms with van der Waals surface area (Å²) in [6, 6.07) is 14.8. The lowest BCUT2D eigenvalue weighted by atomic mass is 10.2. The summed E-state index contributed by atoms with van der Waals surface area (Å²) in [6.07, 6.45) is 0. The fourth-order valence-electron chi connectivity index (χ4n) is 2.24. The van der Waals surface area contributed by atoms with Crippen LogP contribution < -0.4 is 5.32 Å². The Morgan fingerprint density at radius 1 is 1.12 bits per heavy atom. The number of nitrogens with one attached hydrogen (secondary N) is 1. The number of benzene rings is 2. The number of carbonyl (C=O) groups excluding carboxylic acids is 1. The van der Waals surface area contributed by atoms with Crippen molar-refractivity contribution in [2.75, 3.05) is 12.3 Å². The van der Waals surface area contributed by atoms with Gasteiger partial charge in [0.15, 0.2) is 5.76 Å². The maximum atomic E-state index is 12.1. The van der Waals surface area contributed by atoms with Gasteiger partial charge in [-0.15, -0.1) is 0 Å². The molecule has 1 heterocycles. The average Bonchev–Trinajstić information content (AvgIpc) is 3.00. The average molecular weight is 380 g/mol. The van der Waals surface area contributed by atoms with E-state index in [1.807, 2.05) is 36.4 Å². The monoisotopic (exact) mass is 379 g/mol. The minimum Gasteiger partial charge on any atom is -0.451 e. The number of para-hydroxylation sites is 1. The maximum absolute atomic E-state index is 12.1. The molecular weight excluding hydrogens is 365 g/mol. The SMILES string of the molecule is O=C(NCCSCc1ccc(Cl)cc1Cl)c1cc2ccccc2o1. The third-order valence-electron chi connectivity index (χ3n) is 3.45. The summed E-state index contributed by atoms with van der Waals surface area (Å²) in [5, 5.41) is 5.09. The number of halogens is 2. The van der Waals surface area contributed by atoms with Gasteiger partial charge in [0, 0.05) is 33.5 Å². The molecule has 3 nitrogen and oxygen atoms in total. The van der Waals surface area contributed by atoms with Gasteiger partial charge in [-0.25, -0.2) is 0 Å². The van der Waals surface area contributed by atoms with Crippen molar-refractivity contribution in [3.05, 3.63) is 69.9 Å². The van der Waals surface area contributed by atoms with E-state index in [0.29, 0.717) is 22.4 Å². The van der Waals surface area contributed by atoms with Crippen LogP contribution in [-0.2, 0) is 5.75 Å². The summed E-state index contributed by atoms with van der Waals surface area (Å²) >= 11 is 13.7. The van der Waals surface area contributed by atoms with Crippen LogP contribution in [-0.4, -0.2) is 18.2 Å². The number of fused-ring (bicyclic) bond motifs is 1. The number of amides is 1. The molecule has 0 fully saturated rings. The first-order chi connectivity index (χ1) is 11.6. The predicted octanol–water partition coefficient (Wildman–Crippen LogP) is 5.40. The van der Waals surface area contributed by atoms with Crippen molar-refractivity contribution in [1.29, 1.82) is 0 Å². The highest BCUT2D eigenvalue weighted by Crippen LogP contribution is 2.24. The fraction of sp³-hybridized carbons (Fsp3) is 0.167. The van der Waals surface area contributed by atoms with Gasteiger partial charge in [-0.1, -0.05) is 47.5 Å². The Labute approximate surface area is 154 Å². The van der Waals surface area contributed by atoms with Crippen molar-refractivity contribution in [3.63, 3.8) is 0 Å². The molecule has 2 aromatic carbocycles. The number of carbonyl (C=O) groups is 1. The normalized spacial score (nSPS) is 10.9. The summed E-state index contributed by atoms with van der Waals surface area (Å²) < 4.78 is 5.53. The van der Waals surface area contributed by atoms with Crippen molar-refractivity contribution >= 4 is 51.8 Å². The second-order valence-electron chi connectivity index (χ2n) is 5.19. The number of rotatable bonds is 6. The van der Waals surface area contributed by atoms with Gasteiger partial charge in [0.1, 0.15) is 5.58 Å². The van der Waals surface area contributed by atoms with Gasteiger partial charge in [0.25, 0.3) is 5.91 Å². The number of thioether (sulfide) groups is 1. The van der Waals surface area contributed by atoms with E-state index in [9.17, 15) is 4.79 Å². The fourth-order valence-corrected chi connectivity index (χ4v) is 3.66. The highest BCUT2D eigenvalue weighted by atomic mass is 35.5. The Bertz CT molecular complexity index is 830. The zero-order valence-corrected chi connectivity index (χ0v) is 15.0. The van der Waals surface area contributed by atoms with E-state index in [2.05, 4.69) is 5.32 Å². The third kappa shape index (κ3) is 4.26.